The summed E-state index contributed by atoms with van der Waals surface area (Å²) in [7, 11) is 3.43. The fraction of sp³-hybridized carbons (Fsp3) is 0.455. The second-order valence-corrected chi connectivity index (χ2v) is 6.42. The lowest BCUT2D eigenvalue weighted by molar-refractivity contribution is 0.345. The zero-order chi connectivity index (χ0) is 17.5. The van der Waals surface area contributed by atoms with Gasteiger partial charge in [0.15, 0.2) is 0 Å². The Balaban J connectivity index is 2.24. The predicted octanol–water partition coefficient (Wildman–Crippen LogP) is 6.03. The maximum absolute atomic E-state index is 5.30. The van der Waals surface area contributed by atoms with Gasteiger partial charge in [-0.1, -0.05) is 51.5 Å². The number of benzene rings is 2. The minimum Gasteiger partial charge on any atom is -0.497 e. The van der Waals surface area contributed by atoms with Gasteiger partial charge in [-0.25, -0.2) is 0 Å². The molecule has 2 aromatic rings. The van der Waals surface area contributed by atoms with Crippen molar-refractivity contribution < 1.29 is 9.47 Å². The molecule has 130 valence electrons. The lowest BCUT2D eigenvalue weighted by atomic mass is 9.73. The summed E-state index contributed by atoms with van der Waals surface area (Å²) in [5.41, 5.74) is 2.79. The van der Waals surface area contributed by atoms with Crippen LogP contribution in [0.5, 0.6) is 11.5 Å². The molecule has 0 aliphatic carbocycles. The maximum atomic E-state index is 5.30. The zero-order valence-electron chi connectivity index (χ0n) is 15.6. The van der Waals surface area contributed by atoms with Crippen molar-refractivity contribution in [1.29, 1.82) is 0 Å². The lowest BCUT2D eigenvalue weighted by Crippen LogP contribution is -2.18. The van der Waals surface area contributed by atoms with Gasteiger partial charge in [0.25, 0.3) is 0 Å². The summed E-state index contributed by atoms with van der Waals surface area (Å²) in [5.74, 6) is 3.51. The highest BCUT2D eigenvalue weighted by molar-refractivity contribution is 5.32. The van der Waals surface area contributed by atoms with E-state index in [-0.39, 0.29) is 0 Å². The van der Waals surface area contributed by atoms with Crippen LogP contribution in [-0.4, -0.2) is 14.2 Å². The third kappa shape index (κ3) is 4.11. The zero-order valence-corrected chi connectivity index (χ0v) is 15.6. The third-order valence-electron chi connectivity index (χ3n) is 5.26. The molecule has 0 bridgehead atoms. The molecule has 0 aliphatic heterocycles. The average molecular weight is 326 g/mol. The molecule has 0 aliphatic rings. The Kier molecular flexibility index (Phi) is 6.72. The molecule has 2 nitrogen and oxygen atoms in total. The van der Waals surface area contributed by atoms with Crippen molar-refractivity contribution in [2.45, 2.75) is 45.4 Å². The van der Waals surface area contributed by atoms with Crippen LogP contribution in [0.3, 0.4) is 0 Å². The quantitative estimate of drug-likeness (QED) is 0.590. The van der Waals surface area contributed by atoms with Gasteiger partial charge in [0.1, 0.15) is 11.5 Å². The van der Waals surface area contributed by atoms with Gasteiger partial charge in [-0.2, -0.15) is 0 Å². The monoisotopic (exact) mass is 326 g/mol. The molecule has 2 rings (SSSR count). The van der Waals surface area contributed by atoms with Gasteiger partial charge in [0.05, 0.1) is 14.2 Å². The van der Waals surface area contributed by atoms with Crippen LogP contribution in [0.15, 0.2) is 48.5 Å². The second kappa shape index (κ2) is 8.77. The fourth-order valence-electron chi connectivity index (χ4n) is 3.78. The summed E-state index contributed by atoms with van der Waals surface area (Å²) in [5, 5.41) is 0. The van der Waals surface area contributed by atoms with Crippen molar-refractivity contribution in [2.75, 3.05) is 14.2 Å². The van der Waals surface area contributed by atoms with E-state index in [1.807, 2.05) is 0 Å². The first-order valence-electron chi connectivity index (χ1n) is 8.92. The van der Waals surface area contributed by atoms with E-state index in [1.54, 1.807) is 14.2 Å². The first-order valence-corrected chi connectivity index (χ1v) is 8.92. The Labute approximate surface area is 146 Å². The van der Waals surface area contributed by atoms with E-state index in [9.17, 15) is 0 Å². The lowest BCUT2D eigenvalue weighted by Gasteiger charge is -2.31. The molecular weight excluding hydrogens is 296 g/mol. The highest BCUT2D eigenvalue weighted by atomic mass is 16.5. The molecule has 2 aromatic carbocycles. The van der Waals surface area contributed by atoms with Crippen LogP contribution < -0.4 is 9.47 Å². The van der Waals surface area contributed by atoms with Gasteiger partial charge in [-0.15, -0.1) is 0 Å². The number of methoxy groups -OCH3 is 2. The Hall–Kier alpha value is -1.96. The van der Waals surface area contributed by atoms with Crippen molar-refractivity contribution in [3.63, 3.8) is 0 Å². The average Bonchev–Trinajstić information content (AvgIpc) is 2.65. The van der Waals surface area contributed by atoms with Gasteiger partial charge in [-0.3, -0.25) is 0 Å². The van der Waals surface area contributed by atoms with Crippen LogP contribution in [-0.2, 0) is 0 Å². The molecular formula is C22H30O2. The van der Waals surface area contributed by atoms with Crippen LogP contribution >= 0.6 is 0 Å². The summed E-state index contributed by atoms with van der Waals surface area (Å²) in [6, 6.07) is 17.1. The molecule has 0 spiro atoms. The molecule has 0 radical (unpaired) electrons. The summed E-state index contributed by atoms with van der Waals surface area (Å²) < 4.78 is 10.6. The minimum atomic E-state index is 0.507. The van der Waals surface area contributed by atoms with Crippen molar-refractivity contribution in [3.05, 3.63) is 59.7 Å². The van der Waals surface area contributed by atoms with E-state index in [2.05, 4.69) is 69.3 Å². The number of hydrogen-bond acceptors (Lipinski definition) is 2. The second-order valence-electron chi connectivity index (χ2n) is 6.42. The normalized spacial score (nSPS) is 14.7. The minimum absolute atomic E-state index is 0.507. The topological polar surface area (TPSA) is 18.5 Å². The van der Waals surface area contributed by atoms with Gasteiger partial charge >= 0.3 is 0 Å². The predicted molar refractivity (Wildman–Crippen MR) is 101 cm³/mol. The molecule has 0 N–H and O–H groups in total. The van der Waals surface area contributed by atoms with Crippen molar-refractivity contribution in [3.8, 4) is 11.5 Å². The summed E-state index contributed by atoms with van der Waals surface area (Å²) in [6.45, 7) is 6.94. The fourth-order valence-corrected chi connectivity index (χ4v) is 3.78. The number of hydrogen-bond donors (Lipinski definition) is 0. The summed E-state index contributed by atoms with van der Waals surface area (Å²) >= 11 is 0. The van der Waals surface area contributed by atoms with Crippen LogP contribution in [0.4, 0.5) is 0 Å². The molecule has 3 atom stereocenters. The first-order chi connectivity index (χ1) is 11.6. The summed E-state index contributed by atoms with van der Waals surface area (Å²) in [4.78, 5) is 0. The van der Waals surface area contributed by atoms with E-state index in [0.29, 0.717) is 17.8 Å². The smallest absolute Gasteiger partial charge is 0.118 e. The largest absolute Gasteiger partial charge is 0.497 e. The molecule has 0 saturated heterocycles. The van der Waals surface area contributed by atoms with Gasteiger partial charge < -0.3 is 9.47 Å². The van der Waals surface area contributed by atoms with Gasteiger partial charge in [0, 0.05) is 0 Å². The van der Waals surface area contributed by atoms with Crippen LogP contribution in [0.25, 0.3) is 0 Å². The third-order valence-corrected chi connectivity index (χ3v) is 5.26. The van der Waals surface area contributed by atoms with Crippen LogP contribution in [0.1, 0.15) is 56.6 Å². The highest BCUT2D eigenvalue weighted by Crippen LogP contribution is 2.40. The number of ether oxygens (including phenoxy) is 2. The van der Waals surface area contributed by atoms with E-state index in [1.165, 1.54) is 11.1 Å². The molecule has 24 heavy (non-hydrogen) atoms. The molecule has 2 heteroatoms. The molecule has 0 fully saturated rings. The summed E-state index contributed by atoms with van der Waals surface area (Å²) in [6.07, 6.45) is 2.31. The van der Waals surface area contributed by atoms with Crippen molar-refractivity contribution in [2.24, 2.45) is 5.92 Å². The molecule has 0 heterocycles. The molecule has 0 amide bonds. The standard InChI is InChI=1S/C22H30O2/c1-6-21(16(3)17-8-12-19(23-4)13-9-17)22(7-2)18-10-14-20(24-5)15-11-18/h8-16,21-22H,6-7H2,1-5H3/t16-,21+,22-/m0/s1. The molecule has 0 aromatic heterocycles. The first kappa shape index (κ1) is 18.4. The Morgan fingerprint density at radius 3 is 1.54 bits per heavy atom. The Morgan fingerprint density at radius 2 is 1.17 bits per heavy atom. The van der Waals surface area contributed by atoms with Crippen LogP contribution in [0.2, 0.25) is 0 Å². The van der Waals surface area contributed by atoms with E-state index < -0.39 is 0 Å². The van der Waals surface area contributed by atoms with Crippen LogP contribution in [0, 0.1) is 5.92 Å². The maximum Gasteiger partial charge on any atom is 0.118 e. The van der Waals surface area contributed by atoms with Crippen molar-refractivity contribution >= 4 is 0 Å². The Bertz CT molecular complexity index is 601. The number of rotatable bonds is 8. The Morgan fingerprint density at radius 1 is 0.708 bits per heavy atom. The van der Waals surface area contributed by atoms with Gasteiger partial charge in [-0.05, 0) is 59.6 Å². The van der Waals surface area contributed by atoms with E-state index in [0.717, 1.165) is 24.3 Å². The molecule has 0 unspecified atom stereocenters. The SMILES string of the molecule is CC[C@H]([C@@H](C)c1ccc(OC)cc1)[C@@H](CC)c1ccc(OC)cc1. The highest BCUT2D eigenvalue weighted by Gasteiger charge is 2.26. The van der Waals surface area contributed by atoms with E-state index in [4.69, 9.17) is 9.47 Å². The van der Waals surface area contributed by atoms with Crippen molar-refractivity contribution in [1.82, 2.24) is 0 Å². The molecule has 0 saturated carbocycles. The van der Waals surface area contributed by atoms with Gasteiger partial charge in [0.2, 0.25) is 0 Å². The van der Waals surface area contributed by atoms with E-state index >= 15 is 0 Å².